The summed E-state index contributed by atoms with van der Waals surface area (Å²) in [6, 6.07) is 5.26. The lowest BCUT2D eigenvalue weighted by Gasteiger charge is -2.26. The van der Waals surface area contributed by atoms with Gasteiger partial charge in [-0.15, -0.1) is 0 Å². The summed E-state index contributed by atoms with van der Waals surface area (Å²) in [7, 11) is 0. The minimum atomic E-state index is -0.157. The third-order valence-corrected chi connectivity index (χ3v) is 3.89. The highest BCUT2D eigenvalue weighted by Gasteiger charge is 2.31. The Labute approximate surface area is 115 Å². The Bertz CT molecular complexity index is 421. The molecular weight excluding hydrogens is 241 g/mol. The van der Waals surface area contributed by atoms with Crippen LogP contribution in [-0.2, 0) is 4.74 Å². The maximum Gasteiger partial charge on any atom is 0.123 e. The minimum absolute atomic E-state index is 0.157. The van der Waals surface area contributed by atoms with E-state index < -0.39 is 0 Å². The molecular formula is C16H24FNO. The highest BCUT2D eigenvalue weighted by Crippen LogP contribution is 2.33. The number of hydrogen-bond donors (Lipinski definition) is 1. The molecule has 0 aromatic heterocycles. The summed E-state index contributed by atoms with van der Waals surface area (Å²) in [4.78, 5) is 0. The van der Waals surface area contributed by atoms with Crippen LogP contribution in [0, 0.1) is 18.7 Å². The highest BCUT2D eigenvalue weighted by molar-refractivity contribution is 5.30. The molecule has 2 nitrogen and oxygen atoms in total. The summed E-state index contributed by atoms with van der Waals surface area (Å²) in [6.45, 7) is 8.02. The van der Waals surface area contributed by atoms with Crippen molar-refractivity contribution in [3.05, 3.63) is 35.1 Å². The third kappa shape index (κ3) is 3.54. The summed E-state index contributed by atoms with van der Waals surface area (Å²) in [5, 5.41) is 3.57. The zero-order valence-electron chi connectivity index (χ0n) is 12.1. The predicted molar refractivity (Wildman–Crippen MR) is 75.7 cm³/mol. The molecule has 0 saturated carbocycles. The third-order valence-electron chi connectivity index (χ3n) is 3.89. The van der Waals surface area contributed by atoms with Gasteiger partial charge < -0.3 is 10.1 Å². The van der Waals surface area contributed by atoms with Crippen molar-refractivity contribution in [1.82, 2.24) is 5.32 Å². The van der Waals surface area contributed by atoms with Crippen LogP contribution in [0.25, 0.3) is 0 Å². The Hall–Kier alpha value is -0.930. The molecule has 1 heterocycles. The van der Waals surface area contributed by atoms with Crippen LogP contribution in [0.4, 0.5) is 4.39 Å². The van der Waals surface area contributed by atoms with Gasteiger partial charge >= 0.3 is 0 Å². The normalized spacial score (nSPS) is 24.6. The number of hydrogen-bond acceptors (Lipinski definition) is 2. The predicted octanol–water partition coefficient (Wildman–Crippen LogP) is 3.60. The first kappa shape index (κ1) is 14.5. The molecule has 106 valence electrons. The van der Waals surface area contributed by atoms with Gasteiger partial charge in [0, 0.05) is 12.0 Å². The van der Waals surface area contributed by atoms with Crippen molar-refractivity contribution in [1.29, 1.82) is 0 Å². The minimum Gasteiger partial charge on any atom is -0.378 e. The van der Waals surface area contributed by atoms with E-state index in [1.165, 1.54) is 6.07 Å². The van der Waals surface area contributed by atoms with Crippen molar-refractivity contribution in [2.24, 2.45) is 5.92 Å². The molecule has 0 bridgehead atoms. The molecule has 1 aliphatic rings. The standard InChI is InChI=1S/C16H24FNO/c1-4-7-18-16(13-8-12(3)19-10-13)15-9-14(17)6-5-11(15)2/h5-6,9,12-13,16,18H,4,7-8,10H2,1-3H3. The molecule has 1 aromatic rings. The molecule has 1 saturated heterocycles. The number of nitrogens with one attached hydrogen (secondary N) is 1. The van der Waals surface area contributed by atoms with E-state index in [-0.39, 0.29) is 11.9 Å². The van der Waals surface area contributed by atoms with E-state index in [0.717, 1.165) is 37.1 Å². The van der Waals surface area contributed by atoms with Gasteiger partial charge in [-0.25, -0.2) is 4.39 Å². The van der Waals surface area contributed by atoms with Gasteiger partial charge in [-0.05, 0) is 56.5 Å². The Morgan fingerprint density at radius 1 is 1.47 bits per heavy atom. The summed E-state index contributed by atoms with van der Waals surface area (Å²) in [6.07, 6.45) is 2.43. The topological polar surface area (TPSA) is 21.3 Å². The highest BCUT2D eigenvalue weighted by atomic mass is 19.1. The summed E-state index contributed by atoms with van der Waals surface area (Å²) >= 11 is 0. The molecule has 3 unspecified atom stereocenters. The van der Waals surface area contributed by atoms with Gasteiger partial charge in [0.2, 0.25) is 0 Å². The van der Waals surface area contributed by atoms with Gasteiger partial charge in [0.25, 0.3) is 0 Å². The maximum absolute atomic E-state index is 13.5. The lowest BCUT2D eigenvalue weighted by molar-refractivity contribution is 0.117. The molecule has 1 fully saturated rings. The van der Waals surface area contributed by atoms with Gasteiger partial charge in [0.05, 0.1) is 12.7 Å². The van der Waals surface area contributed by atoms with Crippen LogP contribution < -0.4 is 5.32 Å². The van der Waals surface area contributed by atoms with Gasteiger partial charge in [0.1, 0.15) is 5.82 Å². The molecule has 0 amide bonds. The average molecular weight is 265 g/mol. The Kier molecular flexibility index (Phi) is 4.94. The Balaban J connectivity index is 2.23. The first-order valence-electron chi connectivity index (χ1n) is 7.22. The van der Waals surface area contributed by atoms with Crippen LogP contribution in [-0.4, -0.2) is 19.3 Å². The van der Waals surface area contributed by atoms with E-state index in [1.54, 1.807) is 6.07 Å². The largest absolute Gasteiger partial charge is 0.378 e. The van der Waals surface area contributed by atoms with Crippen LogP contribution in [0.5, 0.6) is 0 Å². The second kappa shape index (κ2) is 6.49. The van der Waals surface area contributed by atoms with Crippen molar-refractivity contribution in [2.75, 3.05) is 13.2 Å². The number of halogens is 1. The van der Waals surface area contributed by atoms with Crippen LogP contribution in [0.2, 0.25) is 0 Å². The molecule has 3 atom stereocenters. The van der Waals surface area contributed by atoms with Gasteiger partial charge in [-0.3, -0.25) is 0 Å². The van der Waals surface area contributed by atoms with E-state index in [1.807, 2.05) is 6.07 Å². The summed E-state index contributed by atoms with van der Waals surface area (Å²) in [5.74, 6) is 0.276. The lowest BCUT2D eigenvalue weighted by Crippen LogP contribution is -2.30. The van der Waals surface area contributed by atoms with Crippen LogP contribution in [0.3, 0.4) is 0 Å². The van der Waals surface area contributed by atoms with Gasteiger partial charge in [-0.2, -0.15) is 0 Å². The molecule has 1 aromatic carbocycles. The lowest BCUT2D eigenvalue weighted by atomic mass is 9.88. The Morgan fingerprint density at radius 2 is 2.26 bits per heavy atom. The van der Waals surface area contributed by atoms with Crippen molar-refractivity contribution in [2.45, 2.75) is 45.8 Å². The number of benzene rings is 1. The first-order chi connectivity index (χ1) is 9.11. The molecule has 19 heavy (non-hydrogen) atoms. The van der Waals surface area contributed by atoms with Crippen LogP contribution in [0.1, 0.15) is 43.9 Å². The fraction of sp³-hybridized carbons (Fsp3) is 0.625. The summed E-state index contributed by atoms with van der Waals surface area (Å²) in [5.41, 5.74) is 2.23. The molecule has 1 N–H and O–H groups in total. The van der Waals surface area contributed by atoms with E-state index in [0.29, 0.717) is 12.0 Å². The number of rotatable bonds is 5. The zero-order chi connectivity index (χ0) is 13.8. The van der Waals surface area contributed by atoms with E-state index in [4.69, 9.17) is 4.74 Å². The van der Waals surface area contributed by atoms with Gasteiger partial charge in [0.15, 0.2) is 0 Å². The molecule has 0 radical (unpaired) electrons. The van der Waals surface area contributed by atoms with Crippen molar-refractivity contribution in [3.63, 3.8) is 0 Å². The van der Waals surface area contributed by atoms with Gasteiger partial charge in [-0.1, -0.05) is 13.0 Å². The zero-order valence-corrected chi connectivity index (χ0v) is 12.1. The first-order valence-corrected chi connectivity index (χ1v) is 7.22. The second-order valence-electron chi connectivity index (χ2n) is 5.57. The Morgan fingerprint density at radius 3 is 2.89 bits per heavy atom. The van der Waals surface area contributed by atoms with Crippen LogP contribution >= 0.6 is 0 Å². The van der Waals surface area contributed by atoms with E-state index in [9.17, 15) is 4.39 Å². The fourth-order valence-corrected chi connectivity index (χ4v) is 2.86. The van der Waals surface area contributed by atoms with E-state index in [2.05, 4.69) is 26.1 Å². The van der Waals surface area contributed by atoms with Crippen LogP contribution in [0.15, 0.2) is 18.2 Å². The van der Waals surface area contributed by atoms with E-state index >= 15 is 0 Å². The average Bonchev–Trinajstić information content (AvgIpc) is 2.80. The summed E-state index contributed by atoms with van der Waals surface area (Å²) < 4.78 is 19.2. The smallest absolute Gasteiger partial charge is 0.123 e. The van der Waals surface area contributed by atoms with Crippen molar-refractivity contribution < 1.29 is 9.13 Å². The quantitative estimate of drug-likeness (QED) is 0.878. The molecule has 2 rings (SSSR count). The molecule has 3 heteroatoms. The monoisotopic (exact) mass is 265 g/mol. The van der Waals surface area contributed by atoms with Crippen molar-refractivity contribution in [3.8, 4) is 0 Å². The van der Waals surface area contributed by atoms with Crippen molar-refractivity contribution >= 4 is 0 Å². The molecule has 1 aliphatic heterocycles. The SMILES string of the molecule is CCCNC(c1cc(F)ccc1C)C1COC(C)C1. The maximum atomic E-state index is 13.5. The molecule has 0 aliphatic carbocycles. The second-order valence-corrected chi connectivity index (χ2v) is 5.57. The molecule has 0 spiro atoms. The number of ether oxygens (including phenoxy) is 1. The fourth-order valence-electron chi connectivity index (χ4n) is 2.86. The number of aryl methyl sites for hydroxylation is 1.